The number of anilines is 1. The largest absolute Gasteiger partial charge is 0.399 e. The molecule has 0 radical (unpaired) electrons. The quantitative estimate of drug-likeness (QED) is 0.756. The van der Waals surface area contributed by atoms with Crippen molar-refractivity contribution in [3.8, 4) is 0 Å². The van der Waals surface area contributed by atoms with Gasteiger partial charge in [-0.2, -0.15) is 0 Å². The summed E-state index contributed by atoms with van der Waals surface area (Å²) in [6.07, 6.45) is 1.05. The molecule has 0 bridgehead atoms. The van der Waals surface area contributed by atoms with E-state index in [-0.39, 0.29) is 0 Å². The fourth-order valence-corrected chi connectivity index (χ4v) is 2.20. The van der Waals surface area contributed by atoms with E-state index < -0.39 is 0 Å². The van der Waals surface area contributed by atoms with E-state index in [4.69, 9.17) is 10.5 Å². The lowest BCUT2D eigenvalue weighted by Crippen LogP contribution is -2.38. The number of ether oxygens (including phenoxy) is 1. The average molecular weight is 250 g/mol. The van der Waals surface area contributed by atoms with Crippen molar-refractivity contribution in [2.75, 3.05) is 19.5 Å². The Hall–Kier alpha value is -1.06. The second-order valence-corrected chi connectivity index (χ2v) is 5.14. The van der Waals surface area contributed by atoms with Gasteiger partial charge >= 0.3 is 0 Å². The Morgan fingerprint density at radius 1 is 1.28 bits per heavy atom. The van der Waals surface area contributed by atoms with Crippen LogP contribution in [0.4, 0.5) is 5.69 Å². The Morgan fingerprint density at radius 3 is 2.56 bits per heavy atom. The van der Waals surface area contributed by atoms with Gasteiger partial charge in [0, 0.05) is 38.0 Å². The Labute approximate surface area is 111 Å². The molecule has 0 aliphatic carbocycles. The molecule has 0 aromatic heterocycles. The summed E-state index contributed by atoms with van der Waals surface area (Å²) >= 11 is 0. The smallest absolute Gasteiger partial charge is 0.0477 e. The molecular formula is C15H26N2O. The zero-order valence-corrected chi connectivity index (χ0v) is 12.0. The molecule has 0 spiro atoms. The lowest BCUT2D eigenvalue weighted by molar-refractivity contribution is 0.110. The van der Waals surface area contributed by atoms with Crippen LogP contribution in [0.2, 0.25) is 0 Å². The molecule has 0 aliphatic heterocycles. The van der Waals surface area contributed by atoms with Crippen LogP contribution in [0, 0.1) is 0 Å². The monoisotopic (exact) mass is 250 g/mol. The van der Waals surface area contributed by atoms with Crippen molar-refractivity contribution < 1.29 is 4.74 Å². The molecule has 2 N–H and O–H groups in total. The summed E-state index contributed by atoms with van der Waals surface area (Å²) in [5.41, 5.74) is 7.93. The zero-order chi connectivity index (χ0) is 13.5. The first kappa shape index (κ1) is 15.0. The molecule has 3 nitrogen and oxygen atoms in total. The van der Waals surface area contributed by atoms with Gasteiger partial charge in [-0.15, -0.1) is 0 Å². The number of methoxy groups -OCH3 is 1. The maximum atomic E-state index is 5.83. The summed E-state index contributed by atoms with van der Waals surface area (Å²) in [7, 11) is 1.75. The van der Waals surface area contributed by atoms with Crippen molar-refractivity contribution in [1.82, 2.24) is 4.90 Å². The van der Waals surface area contributed by atoms with Gasteiger partial charge in [-0.3, -0.25) is 4.90 Å². The van der Waals surface area contributed by atoms with Crippen LogP contribution < -0.4 is 5.73 Å². The molecule has 3 heteroatoms. The van der Waals surface area contributed by atoms with Crippen molar-refractivity contribution in [2.24, 2.45) is 0 Å². The highest BCUT2D eigenvalue weighted by atomic mass is 16.5. The van der Waals surface area contributed by atoms with Gasteiger partial charge in [-0.05, 0) is 44.9 Å². The zero-order valence-electron chi connectivity index (χ0n) is 12.0. The minimum Gasteiger partial charge on any atom is -0.399 e. The van der Waals surface area contributed by atoms with Crippen LogP contribution in [0.5, 0.6) is 0 Å². The average Bonchev–Trinajstić information content (AvgIpc) is 2.32. The first-order chi connectivity index (χ1) is 8.54. The van der Waals surface area contributed by atoms with E-state index in [1.165, 1.54) is 5.56 Å². The summed E-state index contributed by atoms with van der Waals surface area (Å²) in [6, 6.07) is 9.15. The molecule has 1 rings (SSSR count). The second kappa shape index (κ2) is 7.39. The third-order valence-corrected chi connectivity index (χ3v) is 3.29. The number of benzene rings is 1. The maximum absolute atomic E-state index is 5.83. The highest BCUT2D eigenvalue weighted by molar-refractivity contribution is 5.40. The van der Waals surface area contributed by atoms with Crippen LogP contribution >= 0.6 is 0 Å². The summed E-state index contributed by atoms with van der Waals surface area (Å²) in [5, 5.41) is 0. The first-order valence-electron chi connectivity index (χ1n) is 6.63. The molecule has 0 fully saturated rings. The van der Waals surface area contributed by atoms with E-state index in [1.807, 2.05) is 12.1 Å². The molecule has 0 aliphatic rings. The standard InChI is InChI=1S/C15H26N2O/c1-12(2)17(13(3)8-9-18-4)11-14-6-5-7-15(16)10-14/h5-7,10,12-13H,8-9,11,16H2,1-4H3. The Kier molecular flexibility index (Phi) is 6.16. The SMILES string of the molecule is COCCC(C)N(Cc1cccc(N)c1)C(C)C. The number of hydrogen-bond acceptors (Lipinski definition) is 3. The Bertz CT molecular complexity index is 352. The molecule has 0 saturated heterocycles. The fraction of sp³-hybridized carbons (Fsp3) is 0.600. The summed E-state index contributed by atoms with van der Waals surface area (Å²) in [6.45, 7) is 8.46. The predicted octanol–water partition coefficient (Wildman–Crippen LogP) is 2.90. The van der Waals surface area contributed by atoms with E-state index in [0.29, 0.717) is 12.1 Å². The van der Waals surface area contributed by atoms with Gasteiger partial charge in [0.05, 0.1) is 0 Å². The molecule has 0 saturated carbocycles. The van der Waals surface area contributed by atoms with Crippen molar-refractivity contribution in [2.45, 2.75) is 45.8 Å². The normalized spacial score (nSPS) is 13.2. The summed E-state index contributed by atoms with van der Waals surface area (Å²) in [5.74, 6) is 0. The van der Waals surface area contributed by atoms with Gasteiger partial charge in [-0.25, -0.2) is 0 Å². The lowest BCUT2D eigenvalue weighted by Gasteiger charge is -2.32. The second-order valence-electron chi connectivity index (χ2n) is 5.14. The van der Waals surface area contributed by atoms with Crippen molar-refractivity contribution in [3.63, 3.8) is 0 Å². The van der Waals surface area contributed by atoms with Crippen LogP contribution in [0.15, 0.2) is 24.3 Å². The van der Waals surface area contributed by atoms with Crippen LogP contribution in [0.25, 0.3) is 0 Å². The number of rotatable bonds is 7. The van der Waals surface area contributed by atoms with Gasteiger partial charge in [0.25, 0.3) is 0 Å². The number of nitrogens with two attached hydrogens (primary N) is 1. The van der Waals surface area contributed by atoms with Gasteiger partial charge in [-0.1, -0.05) is 12.1 Å². The Balaban J connectivity index is 2.68. The van der Waals surface area contributed by atoms with Crippen molar-refractivity contribution in [1.29, 1.82) is 0 Å². The molecule has 102 valence electrons. The molecule has 18 heavy (non-hydrogen) atoms. The Morgan fingerprint density at radius 2 is 2.00 bits per heavy atom. The van der Waals surface area contributed by atoms with Gasteiger partial charge in [0.2, 0.25) is 0 Å². The minimum atomic E-state index is 0.506. The van der Waals surface area contributed by atoms with E-state index in [0.717, 1.165) is 25.3 Å². The van der Waals surface area contributed by atoms with Gasteiger partial charge < -0.3 is 10.5 Å². The number of nitrogen functional groups attached to an aromatic ring is 1. The minimum absolute atomic E-state index is 0.506. The fourth-order valence-electron chi connectivity index (χ4n) is 2.20. The van der Waals surface area contributed by atoms with Crippen LogP contribution in [0.3, 0.4) is 0 Å². The molecule has 0 heterocycles. The van der Waals surface area contributed by atoms with Crippen LogP contribution in [-0.2, 0) is 11.3 Å². The van der Waals surface area contributed by atoms with Crippen molar-refractivity contribution in [3.05, 3.63) is 29.8 Å². The van der Waals surface area contributed by atoms with Gasteiger partial charge in [0.15, 0.2) is 0 Å². The van der Waals surface area contributed by atoms with Gasteiger partial charge in [0.1, 0.15) is 0 Å². The number of nitrogens with zero attached hydrogens (tertiary/aromatic N) is 1. The molecule has 1 aromatic carbocycles. The highest BCUT2D eigenvalue weighted by Crippen LogP contribution is 2.16. The third-order valence-electron chi connectivity index (χ3n) is 3.29. The molecule has 1 atom stereocenters. The van der Waals surface area contributed by atoms with E-state index in [1.54, 1.807) is 7.11 Å². The molecule has 0 amide bonds. The van der Waals surface area contributed by atoms with E-state index in [9.17, 15) is 0 Å². The third kappa shape index (κ3) is 4.67. The topological polar surface area (TPSA) is 38.5 Å². The first-order valence-corrected chi connectivity index (χ1v) is 6.63. The van der Waals surface area contributed by atoms with Crippen LogP contribution in [-0.4, -0.2) is 30.7 Å². The van der Waals surface area contributed by atoms with Crippen LogP contribution in [0.1, 0.15) is 32.8 Å². The van der Waals surface area contributed by atoms with E-state index in [2.05, 4.69) is 37.8 Å². The highest BCUT2D eigenvalue weighted by Gasteiger charge is 2.17. The molecular weight excluding hydrogens is 224 g/mol. The predicted molar refractivity (Wildman–Crippen MR) is 77.5 cm³/mol. The summed E-state index contributed by atoms with van der Waals surface area (Å²) < 4.78 is 5.17. The lowest BCUT2D eigenvalue weighted by atomic mass is 10.1. The molecule has 1 aromatic rings. The van der Waals surface area contributed by atoms with E-state index >= 15 is 0 Å². The summed E-state index contributed by atoms with van der Waals surface area (Å²) in [4.78, 5) is 2.48. The maximum Gasteiger partial charge on any atom is 0.0477 e. The van der Waals surface area contributed by atoms with Crippen molar-refractivity contribution >= 4 is 5.69 Å². The molecule has 1 unspecified atom stereocenters. The number of hydrogen-bond donors (Lipinski definition) is 1.